The summed E-state index contributed by atoms with van der Waals surface area (Å²) in [5, 5.41) is 5.73. The van der Waals surface area contributed by atoms with Gasteiger partial charge < -0.3 is 10.6 Å². The molecule has 3 rings (SSSR count). The third kappa shape index (κ3) is 5.14. The molecule has 126 valence electrons. The maximum atomic E-state index is 11.9. The Balaban J connectivity index is 1.47. The van der Waals surface area contributed by atoms with Crippen LogP contribution in [0.5, 0.6) is 0 Å². The van der Waals surface area contributed by atoms with Crippen molar-refractivity contribution in [3.8, 4) is 11.1 Å². The second-order valence-corrected chi connectivity index (χ2v) is 5.67. The number of nitrogens with zero attached hydrogens (tertiary/aromatic N) is 2. The molecule has 5 heteroatoms. The summed E-state index contributed by atoms with van der Waals surface area (Å²) >= 11 is 0. The van der Waals surface area contributed by atoms with E-state index in [9.17, 15) is 4.79 Å². The number of amides is 2. The van der Waals surface area contributed by atoms with Crippen LogP contribution < -0.4 is 10.6 Å². The van der Waals surface area contributed by atoms with E-state index in [1.54, 1.807) is 24.8 Å². The van der Waals surface area contributed by atoms with Crippen LogP contribution in [0.25, 0.3) is 11.1 Å². The standard InChI is InChI=1S/C20H20N4O/c25-20(23-10-8-16-5-2-1-3-6-16)24-13-17-11-19(15-22-12-17)18-7-4-9-21-14-18/h1-7,9,11-12,14-15H,8,10,13H2,(H2,23,24,25). The van der Waals surface area contributed by atoms with Gasteiger partial charge in [-0.05, 0) is 29.7 Å². The van der Waals surface area contributed by atoms with Crippen LogP contribution >= 0.6 is 0 Å². The first-order valence-corrected chi connectivity index (χ1v) is 8.21. The van der Waals surface area contributed by atoms with Gasteiger partial charge in [0.25, 0.3) is 0 Å². The van der Waals surface area contributed by atoms with Crippen molar-refractivity contribution in [3.63, 3.8) is 0 Å². The zero-order valence-electron chi connectivity index (χ0n) is 13.9. The third-order valence-corrected chi connectivity index (χ3v) is 3.78. The van der Waals surface area contributed by atoms with Gasteiger partial charge in [0.05, 0.1) is 0 Å². The molecule has 0 saturated carbocycles. The van der Waals surface area contributed by atoms with Crippen LogP contribution in [0.4, 0.5) is 4.79 Å². The molecule has 0 aliphatic carbocycles. The predicted octanol–water partition coefficient (Wildman–Crippen LogP) is 3.19. The average Bonchev–Trinajstić information content (AvgIpc) is 2.68. The lowest BCUT2D eigenvalue weighted by Gasteiger charge is -2.09. The monoisotopic (exact) mass is 332 g/mol. The second kappa shape index (κ2) is 8.59. The van der Waals surface area contributed by atoms with E-state index in [4.69, 9.17) is 0 Å². The minimum Gasteiger partial charge on any atom is -0.338 e. The van der Waals surface area contributed by atoms with Gasteiger partial charge in [0.2, 0.25) is 0 Å². The summed E-state index contributed by atoms with van der Waals surface area (Å²) in [5.74, 6) is 0. The smallest absolute Gasteiger partial charge is 0.315 e. The second-order valence-electron chi connectivity index (χ2n) is 5.67. The van der Waals surface area contributed by atoms with E-state index >= 15 is 0 Å². The highest BCUT2D eigenvalue weighted by Crippen LogP contribution is 2.17. The first-order valence-electron chi connectivity index (χ1n) is 8.21. The number of aromatic nitrogens is 2. The summed E-state index contributed by atoms with van der Waals surface area (Å²) in [5.41, 5.74) is 4.14. The summed E-state index contributed by atoms with van der Waals surface area (Å²) in [4.78, 5) is 20.3. The van der Waals surface area contributed by atoms with Gasteiger partial charge in [-0.2, -0.15) is 0 Å². The van der Waals surface area contributed by atoms with E-state index in [1.165, 1.54) is 5.56 Å². The maximum Gasteiger partial charge on any atom is 0.315 e. The molecule has 0 aliphatic rings. The Morgan fingerprint density at radius 2 is 1.68 bits per heavy atom. The largest absolute Gasteiger partial charge is 0.338 e. The number of pyridine rings is 2. The van der Waals surface area contributed by atoms with Crippen molar-refractivity contribution in [1.29, 1.82) is 0 Å². The highest BCUT2D eigenvalue weighted by molar-refractivity contribution is 5.73. The van der Waals surface area contributed by atoms with E-state index in [0.29, 0.717) is 13.1 Å². The number of urea groups is 1. The van der Waals surface area contributed by atoms with E-state index in [1.807, 2.05) is 36.4 Å². The van der Waals surface area contributed by atoms with Gasteiger partial charge in [0, 0.05) is 49.0 Å². The summed E-state index contributed by atoms with van der Waals surface area (Å²) in [6, 6.07) is 15.8. The molecular formula is C20H20N4O. The summed E-state index contributed by atoms with van der Waals surface area (Å²) < 4.78 is 0. The zero-order chi connectivity index (χ0) is 17.3. The number of rotatable bonds is 6. The number of nitrogens with one attached hydrogen (secondary N) is 2. The lowest BCUT2D eigenvalue weighted by Crippen LogP contribution is -2.36. The fourth-order valence-corrected chi connectivity index (χ4v) is 2.49. The Morgan fingerprint density at radius 3 is 2.48 bits per heavy atom. The van der Waals surface area contributed by atoms with Crippen LogP contribution in [0.1, 0.15) is 11.1 Å². The molecule has 0 spiro atoms. The molecule has 0 saturated heterocycles. The highest BCUT2D eigenvalue weighted by Gasteiger charge is 2.03. The van der Waals surface area contributed by atoms with Crippen LogP contribution in [0.3, 0.4) is 0 Å². The summed E-state index contributed by atoms with van der Waals surface area (Å²) in [6.07, 6.45) is 7.89. The quantitative estimate of drug-likeness (QED) is 0.728. The van der Waals surface area contributed by atoms with Crippen LogP contribution in [0.15, 0.2) is 73.3 Å². The molecule has 5 nitrogen and oxygen atoms in total. The zero-order valence-corrected chi connectivity index (χ0v) is 13.9. The number of carbonyl (C=O) groups is 1. The predicted molar refractivity (Wildman–Crippen MR) is 97.9 cm³/mol. The molecule has 2 heterocycles. The van der Waals surface area contributed by atoms with Gasteiger partial charge >= 0.3 is 6.03 Å². The van der Waals surface area contributed by atoms with Crippen molar-refractivity contribution >= 4 is 6.03 Å². The van der Waals surface area contributed by atoms with Gasteiger partial charge in [-0.25, -0.2) is 4.79 Å². The minimum absolute atomic E-state index is 0.178. The van der Waals surface area contributed by atoms with Crippen LogP contribution in [0, 0.1) is 0 Å². The maximum absolute atomic E-state index is 11.9. The van der Waals surface area contributed by atoms with Crippen molar-refractivity contribution in [2.75, 3.05) is 6.54 Å². The molecule has 0 radical (unpaired) electrons. The fourth-order valence-electron chi connectivity index (χ4n) is 2.49. The van der Waals surface area contributed by atoms with E-state index in [2.05, 4.69) is 32.7 Å². The number of carbonyl (C=O) groups excluding carboxylic acids is 1. The van der Waals surface area contributed by atoms with Crippen molar-refractivity contribution in [2.24, 2.45) is 0 Å². The molecule has 2 amide bonds. The van der Waals surface area contributed by atoms with E-state index in [0.717, 1.165) is 23.1 Å². The average molecular weight is 332 g/mol. The summed E-state index contributed by atoms with van der Waals surface area (Å²) in [6.45, 7) is 1.03. The molecule has 25 heavy (non-hydrogen) atoms. The van der Waals surface area contributed by atoms with Gasteiger partial charge in [-0.3, -0.25) is 9.97 Å². The van der Waals surface area contributed by atoms with Crippen molar-refractivity contribution < 1.29 is 4.79 Å². The first kappa shape index (κ1) is 16.6. The lowest BCUT2D eigenvalue weighted by atomic mass is 10.1. The van der Waals surface area contributed by atoms with Crippen molar-refractivity contribution in [1.82, 2.24) is 20.6 Å². The van der Waals surface area contributed by atoms with E-state index in [-0.39, 0.29) is 6.03 Å². The molecule has 2 aromatic heterocycles. The van der Waals surface area contributed by atoms with Gasteiger partial charge in [-0.1, -0.05) is 36.4 Å². The van der Waals surface area contributed by atoms with Gasteiger partial charge in [0.15, 0.2) is 0 Å². The van der Waals surface area contributed by atoms with Crippen molar-refractivity contribution in [3.05, 3.63) is 84.4 Å². The Bertz CT molecular complexity index is 806. The Morgan fingerprint density at radius 1 is 0.840 bits per heavy atom. The molecule has 0 aliphatic heterocycles. The first-order chi connectivity index (χ1) is 12.3. The van der Waals surface area contributed by atoms with Crippen molar-refractivity contribution in [2.45, 2.75) is 13.0 Å². The minimum atomic E-state index is -0.178. The lowest BCUT2D eigenvalue weighted by molar-refractivity contribution is 0.240. The Hall–Kier alpha value is -3.21. The Labute approximate surface area is 147 Å². The molecular weight excluding hydrogens is 312 g/mol. The topological polar surface area (TPSA) is 66.9 Å². The van der Waals surface area contributed by atoms with Gasteiger partial charge in [-0.15, -0.1) is 0 Å². The molecule has 2 N–H and O–H groups in total. The van der Waals surface area contributed by atoms with E-state index < -0.39 is 0 Å². The fraction of sp³-hybridized carbons (Fsp3) is 0.150. The highest BCUT2D eigenvalue weighted by atomic mass is 16.2. The molecule has 3 aromatic rings. The molecule has 0 bridgehead atoms. The number of hydrogen-bond acceptors (Lipinski definition) is 3. The van der Waals surface area contributed by atoms with Crippen LogP contribution in [-0.2, 0) is 13.0 Å². The van der Waals surface area contributed by atoms with Gasteiger partial charge in [0.1, 0.15) is 0 Å². The molecule has 0 fully saturated rings. The summed E-state index contributed by atoms with van der Waals surface area (Å²) in [7, 11) is 0. The Kier molecular flexibility index (Phi) is 5.72. The molecule has 1 aromatic carbocycles. The molecule has 0 atom stereocenters. The molecule has 0 unspecified atom stereocenters. The van der Waals surface area contributed by atoms with Crippen LogP contribution in [-0.4, -0.2) is 22.5 Å². The normalized spacial score (nSPS) is 10.2. The van der Waals surface area contributed by atoms with Crippen LogP contribution in [0.2, 0.25) is 0 Å². The number of benzene rings is 1. The third-order valence-electron chi connectivity index (χ3n) is 3.78. The SMILES string of the molecule is O=C(NCCc1ccccc1)NCc1cncc(-c2cccnc2)c1. The number of hydrogen-bond donors (Lipinski definition) is 2.